The average molecular weight is 184 g/mol. The van der Waals surface area contributed by atoms with Crippen LogP contribution in [0.15, 0.2) is 0 Å². The van der Waals surface area contributed by atoms with E-state index < -0.39 is 0 Å². The first kappa shape index (κ1) is 9.44. The van der Waals surface area contributed by atoms with Crippen LogP contribution in [0.25, 0.3) is 0 Å². The van der Waals surface area contributed by atoms with Crippen LogP contribution in [-0.2, 0) is 4.74 Å². The molecule has 2 fully saturated rings. The third-order valence-electron chi connectivity index (χ3n) is 3.22. The lowest BCUT2D eigenvalue weighted by atomic mass is 9.85. The normalized spacial score (nSPS) is 39.5. The van der Waals surface area contributed by atoms with Crippen LogP contribution in [0.3, 0.4) is 0 Å². The summed E-state index contributed by atoms with van der Waals surface area (Å²) in [6.07, 6.45) is 1.77. The Bertz CT molecular complexity index is 172. The average Bonchev–Trinajstić information content (AvgIpc) is 2.48. The van der Waals surface area contributed by atoms with Crippen molar-refractivity contribution in [2.75, 3.05) is 40.3 Å². The monoisotopic (exact) mass is 184 g/mol. The van der Waals surface area contributed by atoms with Gasteiger partial charge in [0.1, 0.15) is 0 Å². The fraction of sp³-hybridized carbons (Fsp3) is 1.00. The summed E-state index contributed by atoms with van der Waals surface area (Å²) in [6.45, 7) is 4.40. The van der Waals surface area contributed by atoms with Gasteiger partial charge in [-0.1, -0.05) is 0 Å². The Hall–Kier alpha value is -0.120. The summed E-state index contributed by atoms with van der Waals surface area (Å²) >= 11 is 0. The van der Waals surface area contributed by atoms with Crippen molar-refractivity contribution in [2.45, 2.75) is 12.5 Å². The first-order chi connectivity index (χ1) is 6.27. The van der Waals surface area contributed by atoms with E-state index in [0.29, 0.717) is 6.10 Å². The van der Waals surface area contributed by atoms with Gasteiger partial charge in [-0.2, -0.15) is 0 Å². The SMILES string of the molecule is CN(C)C[C@H]1OC[C@@H]2CCNC[C@@H]21. The molecule has 2 saturated heterocycles. The molecular weight excluding hydrogens is 164 g/mol. The van der Waals surface area contributed by atoms with Crippen LogP contribution in [-0.4, -0.2) is 51.3 Å². The van der Waals surface area contributed by atoms with Crippen molar-refractivity contribution in [3.63, 3.8) is 0 Å². The van der Waals surface area contributed by atoms with Crippen LogP contribution < -0.4 is 5.32 Å². The lowest BCUT2D eigenvalue weighted by molar-refractivity contribution is 0.0681. The lowest BCUT2D eigenvalue weighted by Gasteiger charge is -2.29. The van der Waals surface area contributed by atoms with E-state index in [2.05, 4.69) is 24.3 Å². The zero-order valence-electron chi connectivity index (χ0n) is 8.62. The van der Waals surface area contributed by atoms with Gasteiger partial charge in [0.25, 0.3) is 0 Å². The predicted molar refractivity (Wildman–Crippen MR) is 52.8 cm³/mol. The second kappa shape index (κ2) is 3.95. The van der Waals surface area contributed by atoms with Crippen molar-refractivity contribution < 1.29 is 4.74 Å². The number of fused-ring (bicyclic) bond motifs is 1. The number of nitrogens with zero attached hydrogens (tertiary/aromatic N) is 1. The maximum Gasteiger partial charge on any atom is 0.0745 e. The van der Waals surface area contributed by atoms with Gasteiger partial charge in [-0.3, -0.25) is 0 Å². The molecule has 0 aromatic rings. The standard InChI is InChI=1S/C10H20N2O/c1-12(2)6-10-9-5-11-4-3-8(9)7-13-10/h8-11H,3-7H2,1-2H3/t8-,9-,10+/m0/s1. The molecule has 2 rings (SSSR count). The van der Waals surface area contributed by atoms with Crippen molar-refractivity contribution in [3.05, 3.63) is 0 Å². The highest BCUT2D eigenvalue weighted by Crippen LogP contribution is 2.31. The highest BCUT2D eigenvalue weighted by Gasteiger charge is 2.38. The van der Waals surface area contributed by atoms with E-state index in [-0.39, 0.29) is 0 Å². The zero-order valence-corrected chi connectivity index (χ0v) is 8.62. The Morgan fingerprint density at radius 3 is 3.08 bits per heavy atom. The summed E-state index contributed by atoms with van der Waals surface area (Å²) in [6, 6.07) is 0. The third-order valence-corrected chi connectivity index (χ3v) is 3.22. The van der Waals surface area contributed by atoms with Gasteiger partial charge >= 0.3 is 0 Å². The summed E-state index contributed by atoms with van der Waals surface area (Å²) < 4.78 is 5.83. The van der Waals surface area contributed by atoms with Gasteiger partial charge in [0.05, 0.1) is 12.7 Å². The van der Waals surface area contributed by atoms with Crippen LogP contribution in [0.4, 0.5) is 0 Å². The minimum absolute atomic E-state index is 0.466. The Morgan fingerprint density at radius 2 is 2.31 bits per heavy atom. The minimum atomic E-state index is 0.466. The van der Waals surface area contributed by atoms with Gasteiger partial charge in [0.15, 0.2) is 0 Å². The third kappa shape index (κ3) is 2.03. The number of nitrogens with one attached hydrogen (secondary N) is 1. The minimum Gasteiger partial charge on any atom is -0.376 e. The molecule has 2 aliphatic rings. The highest BCUT2D eigenvalue weighted by molar-refractivity contribution is 4.89. The van der Waals surface area contributed by atoms with E-state index in [0.717, 1.165) is 31.5 Å². The quantitative estimate of drug-likeness (QED) is 0.662. The summed E-state index contributed by atoms with van der Waals surface area (Å²) in [5, 5.41) is 3.46. The smallest absolute Gasteiger partial charge is 0.0745 e. The second-order valence-corrected chi connectivity index (χ2v) is 4.55. The topological polar surface area (TPSA) is 24.5 Å². The molecule has 1 N–H and O–H groups in total. The zero-order chi connectivity index (χ0) is 9.26. The van der Waals surface area contributed by atoms with Crippen molar-refractivity contribution in [3.8, 4) is 0 Å². The first-order valence-corrected chi connectivity index (χ1v) is 5.24. The van der Waals surface area contributed by atoms with E-state index >= 15 is 0 Å². The number of likely N-dealkylation sites (N-methyl/N-ethyl adjacent to an activating group) is 1. The number of hydrogen-bond donors (Lipinski definition) is 1. The molecule has 2 aliphatic heterocycles. The Labute approximate surface area is 80.4 Å². The predicted octanol–water partition coefficient (Wildman–Crippen LogP) is 0.173. The van der Waals surface area contributed by atoms with E-state index in [1.807, 2.05) is 0 Å². The molecular formula is C10H20N2O. The van der Waals surface area contributed by atoms with Gasteiger partial charge in [-0.15, -0.1) is 0 Å². The van der Waals surface area contributed by atoms with Crippen LogP contribution in [0.1, 0.15) is 6.42 Å². The van der Waals surface area contributed by atoms with Crippen molar-refractivity contribution in [1.82, 2.24) is 10.2 Å². The number of ether oxygens (including phenoxy) is 1. The second-order valence-electron chi connectivity index (χ2n) is 4.55. The molecule has 3 heteroatoms. The molecule has 0 amide bonds. The fourth-order valence-electron chi connectivity index (χ4n) is 2.50. The fourth-order valence-corrected chi connectivity index (χ4v) is 2.50. The molecule has 0 unspecified atom stereocenters. The van der Waals surface area contributed by atoms with E-state index in [1.165, 1.54) is 13.0 Å². The number of piperidine rings is 1. The summed E-state index contributed by atoms with van der Waals surface area (Å²) in [5.74, 6) is 1.59. The first-order valence-electron chi connectivity index (χ1n) is 5.24. The van der Waals surface area contributed by atoms with Crippen LogP contribution in [0, 0.1) is 11.8 Å². The molecule has 0 saturated carbocycles. The number of hydrogen-bond acceptors (Lipinski definition) is 3. The number of rotatable bonds is 2. The molecule has 3 nitrogen and oxygen atoms in total. The Morgan fingerprint density at radius 1 is 1.46 bits per heavy atom. The summed E-state index contributed by atoms with van der Waals surface area (Å²) in [5.41, 5.74) is 0. The largest absolute Gasteiger partial charge is 0.376 e. The maximum atomic E-state index is 5.83. The molecule has 0 spiro atoms. The van der Waals surface area contributed by atoms with E-state index in [4.69, 9.17) is 4.74 Å². The molecule has 13 heavy (non-hydrogen) atoms. The molecule has 0 aromatic carbocycles. The molecule has 0 radical (unpaired) electrons. The van der Waals surface area contributed by atoms with Gasteiger partial charge in [-0.25, -0.2) is 0 Å². The Balaban J connectivity index is 1.91. The van der Waals surface area contributed by atoms with Gasteiger partial charge in [-0.05, 0) is 33.0 Å². The van der Waals surface area contributed by atoms with E-state index in [9.17, 15) is 0 Å². The van der Waals surface area contributed by atoms with Crippen LogP contribution in [0.5, 0.6) is 0 Å². The van der Waals surface area contributed by atoms with Gasteiger partial charge in [0.2, 0.25) is 0 Å². The van der Waals surface area contributed by atoms with Crippen LogP contribution >= 0.6 is 0 Å². The van der Waals surface area contributed by atoms with Gasteiger partial charge < -0.3 is 15.0 Å². The molecule has 3 atom stereocenters. The highest BCUT2D eigenvalue weighted by atomic mass is 16.5. The van der Waals surface area contributed by atoms with Crippen LogP contribution in [0.2, 0.25) is 0 Å². The lowest BCUT2D eigenvalue weighted by Crippen LogP contribution is -2.41. The summed E-state index contributed by atoms with van der Waals surface area (Å²) in [4.78, 5) is 2.22. The maximum absolute atomic E-state index is 5.83. The summed E-state index contributed by atoms with van der Waals surface area (Å²) in [7, 11) is 4.24. The Kier molecular flexibility index (Phi) is 2.86. The molecule has 76 valence electrons. The van der Waals surface area contributed by atoms with Crippen molar-refractivity contribution in [1.29, 1.82) is 0 Å². The van der Waals surface area contributed by atoms with Crippen molar-refractivity contribution in [2.24, 2.45) is 11.8 Å². The van der Waals surface area contributed by atoms with Crippen molar-refractivity contribution >= 4 is 0 Å². The molecule has 0 aliphatic carbocycles. The molecule has 2 heterocycles. The van der Waals surface area contributed by atoms with Gasteiger partial charge in [0, 0.05) is 19.0 Å². The molecule has 0 bridgehead atoms. The molecule has 0 aromatic heterocycles. The van der Waals surface area contributed by atoms with E-state index in [1.54, 1.807) is 0 Å².